The Balaban J connectivity index is 2.25. The van der Waals surface area contributed by atoms with Crippen LogP contribution in [0.3, 0.4) is 0 Å². The molecule has 1 aromatic rings. The number of carbonyl (C=O) groups excluding carboxylic acids is 1. The first kappa shape index (κ1) is 18.2. The van der Waals surface area contributed by atoms with Gasteiger partial charge in [0.05, 0.1) is 0 Å². The molecule has 0 aromatic heterocycles. The van der Waals surface area contributed by atoms with E-state index in [1.165, 1.54) is 0 Å². The molecule has 0 radical (unpaired) electrons. The molecule has 0 spiro atoms. The molecule has 1 unspecified atom stereocenters. The number of rotatable bonds is 4. The SMILES string of the molecule is O=C1NCCC1Cc1c(Cl)cc(OS(=O)(=O)C(F)(F)F)cc1Cl. The van der Waals surface area contributed by atoms with Gasteiger partial charge in [-0.2, -0.15) is 21.6 Å². The molecular formula is C12H10Cl2F3NO4S. The first-order chi connectivity index (χ1) is 10.5. The minimum absolute atomic E-state index is 0.0791. The van der Waals surface area contributed by atoms with Crippen molar-refractivity contribution in [1.29, 1.82) is 0 Å². The molecule has 1 amide bonds. The summed E-state index contributed by atoms with van der Waals surface area (Å²) in [5, 5.41) is 2.48. The van der Waals surface area contributed by atoms with E-state index >= 15 is 0 Å². The van der Waals surface area contributed by atoms with Crippen LogP contribution >= 0.6 is 23.2 Å². The first-order valence-electron chi connectivity index (χ1n) is 6.27. The van der Waals surface area contributed by atoms with Gasteiger partial charge in [0, 0.05) is 34.6 Å². The van der Waals surface area contributed by atoms with Crippen LogP contribution in [-0.2, 0) is 21.3 Å². The van der Waals surface area contributed by atoms with Gasteiger partial charge in [-0.15, -0.1) is 0 Å². The van der Waals surface area contributed by atoms with Crippen LogP contribution in [0, 0.1) is 5.92 Å². The second-order valence-corrected chi connectivity index (χ2v) is 7.18. The van der Waals surface area contributed by atoms with E-state index < -0.39 is 21.4 Å². The highest BCUT2D eigenvalue weighted by Gasteiger charge is 2.48. The second-order valence-electron chi connectivity index (χ2n) is 4.83. The predicted molar refractivity (Wildman–Crippen MR) is 76.9 cm³/mol. The van der Waals surface area contributed by atoms with Gasteiger partial charge in [0.2, 0.25) is 5.91 Å². The Morgan fingerprint density at radius 3 is 2.26 bits per heavy atom. The summed E-state index contributed by atoms with van der Waals surface area (Å²) in [4.78, 5) is 11.5. The Kier molecular flexibility index (Phi) is 5.03. The van der Waals surface area contributed by atoms with Gasteiger partial charge in [0.25, 0.3) is 0 Å². The third-order valence-electron chi connectivity index (χ3n) is 3.22. The van der Waals surface area contributed by atoms with Crippen molar-refractivity contribution in [1.82, 2.24) is 5.32 Å². The Hall–Kier alpha value is -1.19. The molecule has 1 aliphatic rings. The zero-order valence-electron chi connectivity index (χ0n) is 11.3. The average molecular weight is 392 g/mol. The Morgan fingerprint density at radius 1 is 1.26 bits per heavy atom. The summed E-state index contributed by atoms with van der Waals surface area (Å²) in [6, 6.07) is 1.83. The maximum Gasteiger partial charge on any atom is 0.534 e. The fourth-order valence-electron chi connectivity index (χ4n) is 2.08. The van der Waals surface area contributed by atoms with Crippen LogP contribution in [0.4, 0.5) is 13.2 Å². The lowest BCUT2D eigenvalue weighted by atomic mass is 9.98. The monoisotopic (exact) mass is 391 g/mol. The fourth-order valence-corrected chi connectivity index (χ4v) is 3.15. The number of halogens is 5. The molecule has 1 N–H and O–H groups in total. The lowest BCUT2D eigenvalue weighted by Gasteiger charge is -2.14. The van der Waals surface area contributed by atoms with Gasteiger partial charge < -0.3 is 9.50 Å². The van der Waals surface area contributed by atoms with Gasteiger partial charge in [-0.1, -0.05) is 23.2 Å². The van der Waals surface area contributed by atoms with E-state index in [4.69, 9.17) is 23.2 Å². The number of alkyl halides is 3. The molecular weight excluding hydrogens is 382 g/mol. The molecule has 1 atom stereocenters. The van der Waals surface area contributed by atoms with Crippen molar-refractivity contribution >= 4 is 39.2 Å². The van der Waals surface area contributed by atoms with Gasteiger partial charge in [-0.3, -0.25) is 4.79 Å². The summed E-state index contributed by atoms with van der Waals surface area (Å²) in [5.74, 6) is -1.18. The molecule has 1 aliphatic heterocycles. The van der Waals surface area contributed by atoms with Crippen LogP contribution in [0.15, 0.2) is 12.1 Å². The first-order valence-corrected chi connectivity index (χ1v) is 8.44. The topological polar surface area (TPSA) is 72.5 Å². The number of nitrogens with one attached hydrogen (secondary N) is 1. The van der Waals surface area contributed by atoms with Crippen molar-refractivity contribution in [3.05, 3.63) is 27.7 Å². The lowest BCUT2D eigenvalue weighted by molar-refractivity contribution is -0.122. The number of hydrogen-bond donors (Lipinski definition) is 1. The third-order valence-corrected chi connectivity index (χ3v) is 4.87. The van der Waals surface area contributed by atoms with Crippen LogP contribution in [0.25, 0.3) is 0 Å². The zero-order chi connectivity index (χ0) is 17.4. The minimum atomic E-state index is -5.81. The smallest absolute Gasteiger partial charge is 0.376 e. The van der Waals surface area contributed by atoms with E-state index in [1.807, 2.05) is 0 Å². The second kappa shape index (κ2) is 6.37. The molecule has 1 heterocycles. The van der Waals surface area contributed by atoms with Gasteiger partial charge in [-0.25, -0.2) is 0 Å². The maximum absolute atomic E-state index is 12.3. The third kappa shape index (κ3) is 4.02. The summed E-state index contributed by atoms with van der Waals surface area (Å²) >= 11 is 11.9. The van der Waals surface area contributed by atoms with Crippen molar-refractivity contribution in [3.8, 4) is 5.75 Å². The molecule has 5 nitrogen and oxygen atoms in total. The number of benzene rings is 1. The zero-order valence-corrected chi connectivity index (χ0v) is 13.6. The molecule has 1 aromatic carbocycles. The highest BCUT2D eigenvalue weighted by atomic mass is 35.5. The largest absolute Gasteiger partial charge is 0.534 e. The van der Waals surface area contributed by atoms with E-state index in [2.05, 4.69) is 9.50 Å². The Bertz CT molecular complexity index is 713. The highest BCUT2D eigenvalue weighted by molar-refractivity contribution is 7.88. The molecule has 0 bridgehead atoms. The maximum atomic E-state index is 12.3. The van der Waals surface area contributed by atoms with Crippen molar-refractivity contribution in [2.45, 2.75) is 18.3 Å². The number of carbonyl (C=O) groups is 1. The lowest BCUT2D eigenvalue weighted by Crippen LogP contribution is -2.28. The molecule has 11 heteroatoms. The molecule has 2 rings (SSSR count). The summed E-state index contributed by atoms with van der Waals surface area (Å²) < 4.78 is 62.8. The van der Waals surface area contributed by atoms with Crippen LogP contribution in [0.2, 0.25) is 10.0 Å². The quantitative estimate of drug-likeness (QED) is 0.632. The predicted octanol–water partition coefficient (Wildman–Crippen LogP) is 2.90. The normalized spacial score (nSPS) is 18.8. The summed E-state index contributed by atoms with van der Waals surface area (Å²) in [5.41, 5.74) is -5.22. The van der Waals surface area contributed by atoms with Crippen molar-refractivity contribution in [3.63, 3.8) is 0 Å². The number of hydrogen-bond acceptors (Lipinski definition) is 4. The van der Waals surface area contributed by atoms with Crippen molar-refractivity contribution in [2.75, 3.05) is 6.54 Å². The molecule has 1 fully saturated rings. The van der Waals surface area contributed by atoms with Gasteiger partial charge >= 0.3 is 15.6 Å². The Labute approximate surface area is 139 Å². The highest BCUT2D eigenvalue weighted by Crippen LogP contribution is 2.35. The standard InChI is InChI=1S/C12H10Cl2F3NO4S/c13-9-4-7(22-23(20,21)12(15,16)17)5-10(14)8(9)3-6-1-2-18-11(6)19/h4-6H,1-3H2,(H,18,19). The van der Waals surface area contributed by atoms with E-state index in [9.17, 15) is 26.4 Å². The average Bonchev–Trinajstić information content (AvgIpc) is 2.77. The molecule has 128 valence electrons. The molecule has 23 heavy (non-hydrogen) atoms. The van der Waals surface area contributed by atoms with Crippen molar-refractivity contribution < 1.29 is 30.6 Å². The van der Waals surface area contributed by atoms with Gasteiger partial charge in [0.15, 0.2) is 0 Å². The summed E-state index contributed by atoms with van der Waals surface area (Å²) in [6.07, 6.45) is 0.766. The summed E-state index contributed by atoms with van der Waals surface area (Å²) in [7, 11) is -5.81. The molecule has 0 aliphatic carbocycles. The van der Waals surface area contributed by atoms with Crippen LogP contribution in [0.1, 0.15) is 12.0 Å². The van der Waals surface area contributed by atoms with Crippen molar-refractivity contribution in [2.24, 2.45) is 5.92 Å². The van der Waals surface area contributed by atoms with Gasteiger partial charge in [-0.05, 0) is 18.4 Å². The Morgan fingerprint density at radius 2 is 1.83 bits per heavy atom. The van der Waals surface area contributed by atoms with E-state index in [1.54, 1.807) is 0 Å². The van der Waals surface area contributed by atoms with Crippen LogP contribution in [-0.4, -0.2) is 26.4 Å². The van der Waals surface area contributed by atoms with Crippen LogP contribution in [0.5, 0.6) is 5.75 Å². The molecule has 1 saturated heterocycles. The van der Waals surface area contributed by atoms with E-state index in [0.717, 1.165) is 12.1 Å². The molecule has 0 saturated carbocycles. The number of amides is 1. The van der Waals surface area contributed by atoms with E-state index in [-0.39, 0.29) is 28.3 Å². The van der Waals surface area contributed by atoms with Gasteiger partial charge in [0.1, 0.15) is 5.75 Å². The minimum Gasteiger partial charge on any atom is -0.376 e. The summed E-state index contributed by atoms with van der Waals surface area (Å²) in [6.45, 7) is 0.518. The van der Waals surface area contributed by atoms with E-state index in [0.29, 0.717) is 18.5 Å². The van der Waals surface area contributed by atoms with Crippen LogP contribution < -0.4 is 9.50 Å². The fraction of sp³-hybridized carbons (Fsp3) is 0.417.